The zero-order valence-electron chi connectivity index (χ0n) is 15.2. The number of hydrogen-bond acceptors (Lipinski definition) is 4. The van der Waals surface area contributed by atoms with Gasteiger partial charge in [-0.05, 0) is 57.0 Å². The first-order valence-corrected chi connectivity index (χ1v) is 8.69. The number of ether oxygens (including phenoxy) is 1. The van der Waals surface area contributed by atoms with Crippen LogP contribution in [0.1, 0.15) is 45.7 Å². The third-order valence-electron chi connectivity index (χ3n) is 3.76. The molecular formula is C20H21ClN2O3. The van der Waals surface area contributed by atoms with Gasteiger partial charge in [-0.2, -0.15) is 5.26 Å². The Hall–Kier alpha value is -2.58. The lowest BCUT2D eigenvalue weighted by molar-refractivity contribution is -0.159. The molecular weight excluding hydrogens is 352 g/mol. The lowest BCUT2D eigenvalue weighted by atomic mass is 10.0. The van der Waals surface area contributed by atoms with Crippen LogP contribution in [0.25, 0.3) is 11.1 Å². The summed E-state index contributed by atoms with van der Waals surface area (Å²) in [5, 5.41) is 9.74. The Kier molecular flexibility index (Phi) is 5.89. The quantitative estimate of drug-likeness (QED) is 0.748. The fourth-order valence-corrected chi connectivity index (χ4v) is 2.79. The second kappa shape index (κ2) is 7.76. The smallest absolute Gasteiger partial charge is 0.329 e. The standard InChI is InChI=1S/C20H21ClN2O3/c1-5-17(19(25)26-20(2,3)4)23-9-8-13(10-18(23)24)16-11-15(21)7-6-14(16)12-22/h6-11,17H,5H2,1-4H3. The molecule has 6 heteroatoms. The molecule has 0 radical (unpaired) electrons. The third-order valence-corrected chi connectivity index (χ3v) is 4.00. The predicted molar refractivity (Wildman–Crippen MR) is 101 cm³/mol. The van der Waals surface area contributed by atoms with Crippen LogP contribution in [0.2, 0.25) is 5.02 Å². The highest BCUT2D eigenvalue weighted by Crippen LogP contribution is 2.26. The molecule has 1 atom stereocenters. The summed E-state index contributed by atoms with van der Waals surface area (Å²) >= 11 is 6.02. The maximum atomic E-state index is 12.6. The van der Waals surface area contributed by atoms with Crippen molar-refractivity contribution in [1.29, 1.82) is 5.26 Å². The molecule has 1 aromatic heterocycles. The molecule has 0 saturated heterocycles. The van der Waals surface area contributed by atoms with E-state index in [2.05, 4.69) is 6.07 Å². The van der Waals surface area contributed by atoms with Crippen molar-refractivity contribution in [2.75, 3.05) is 0 Å². The Morgan fingerprint density at radius 3 is 2.54 bits per heavy atom. The van der Waals surface area contributed by atoms with Gasteiger partial charge in [0.25, 0.3) is 5.56 Å². The van der Waals surface area contributed by atoms with Crippen molar-refractivity contribution in [1.82, 2.24) is 4.57 Å². The summed E-state index contributed by atoms with van der Waals surface area (Å²) in [5.41, 5.74) is 0.602. The van der Waals surface area contributed by atoms with Gasteiger partial charge in [0.05, 0.1) is 11.6 Å². The molecule has 0 aliphatic heterocycles. The van der Waals surface area contributed by atoms with Gasteiger partial charge < -0.3 is 9.30 Å². The van der Waals surface area contributed by atoms with Crippen LogP contribution in [0.15, 0.2) is 41.3 Å². The highest BCUT2D eigenvalue weighted by molar-refractivity contribution is 6.30. The predicted octanol–water partition coefficient (Wildman–Crippen LogP) is 4.33. The average molecular weight is 373 g/mol. The van der Waals surface area contributed by atoms with Crippen molar-refractivity contribution in [2.45, 2.75) is 45.8 Å². The molecule has 2 aromatic rings. The molecule has 136 valence electrons. The van der Waals surface area contributed by atoms with Crippen LogP contribution in [-0.2, 0) is 9.53 Å². The van der Waals surface area contributed by atoms with E-state index < -0.39 is 17.6 Å². The Labute approximate surface area is 157 Å². The van der Waals surface area contributed by atoms with Gasteiger partial charge in [0.1, 0.15) is 11.6 Å². The minimum atomic E-state index is -0.703. The molecule has 0 N–H and O–H groups in total. The van der Waals surface area contributed by atoms with Gasteiger partial charge >= 0.3 is 5.97 Å². The molecule has 1 aromatic carbocycles. The zero-order valence-corrected chi connectivity index (χ0v) is 16.0. The maximum absolute atomic E-state index is 12.6. The molecule has 0 bridgehead atoms. The van der Waals surface area contributed by atoms with E-state index in [1.807, 2.05) is 6.92 Å². The second-order valence-electron chi connectivity index (χ2n) is 6.92. The zero-order chi connectivity index (χ0) is 19.5. The highest BCUT2D eigenvalue weighted by atomic mass is 35.5. The normalized spacial score (nSPS) is 12.3. The van der Waals surface area contributed by atoms with Crippen molar-refractivity contribution in [3.05, 3.63) is 57.5 Å². The molecule has 5 nitrogen and oxygen atoms in total. The Balaban J connectivity index is 2.44. The van der Waals surface area contributed by atoms with Crippen LogP contribution in [0.3, 0.4) is 0 Å². The van der Waals surface area contributed by atoms with Gasteiger partial charge in [0.2, 0.25) is 0 Å². The third kappa shape index (κ3) is 4.53. The first-order chi connectivity index (χ1) is 12.2. The van der Waals surface area contributed by atoms with E-state index in [1.165, 1.54) is 10.6 Å². The largest absolute Gasteiger partial charge is 0.458 e. The lowest BCUT2D eigenvalue weighted by Crippen LogP contribution is -2.34. The van der Waals surface area contributed by atoms with Crippen LogP contribution in [-0.4, -0.2) is 16.1 Å². The summed E-state index contributed by atoms with van der Waals surface area (Å²) in [7, 11) is 0. The number of carbonyl (C=O) groups is 1. The van der Waals surface area contributed by atoms with Crippen molar-refractivity contribution in [3.63, 3.8) is 0 Å². The fourth-order valence-electron chi connectivity index (χ4n) is 2.61. The SMILES string of the molecule is CCC(C(=O)OC(C)(C)C)n1ccc(-c2cc(Cl)ccc2C#N)cc1=O. The first kappa shape index (κ1) is 19.7. The molecule has 0 saturated carbocycles. The molecule has 0 amide bonds. The van der Waals surface area contributed by atoms with Crippen molar-refractivity contribution >= 4 is 17.6 Å². The Morgan fingerprint density at radius 2 is 2.00 bits per heavy atom. The van der Waals surface area contributed by atoms with Gasteiger partial charge in [-0.1, -0.05) is 18.5 Å². The summed E-state index contributed by atoms with van der Waals surface area (Å²) in [4.78, 5) is 25.0. The average Bonchev–Trinajstić information content (AvgIpc) is 2.55. The van der Waals surface area contributed by atoms with Crippen molar-refractivity contribution in [3.8, 4) is 17.2 Å². The number of hydrogen-bond donors (Lipinski definition) is 0. The monoisotopic (exact) mass is 372 g/mol. The molecule has 0 aliphatic carbocycles. The number of halogens is 1. The molecule has 0 aliphatic rings. The summed E-state index contributed by atoms with van der Waals surface area (Å²) in [6.07, 6.45) is 1.98. The molecule has 1 heterocycles. The van der Waals surface area contributed by atoms with E-state index in [9.17, 15) is 14.9 Å². The highest BCUT2D eigenvalue weighted by Gasteiger charge is 2.26. The van der Waals surface area contributed by atoms with Gasteiger partial charge in [0.15, 0.2) is 0 Å². The fraction of sp³-hybridized carbons (Fsp3) is 0.350. The number of benzene rings is 1. The van der Waals surface area contributed by atoms with Crippen molar-refractivity contribution in [2.24, 2.45) is 0 Å². The topological polar surface area (TPSA) is 72.1 Å². The van der Waals surface area contributed by atoms with E-state index in [-0.39, 0.29) is 5.56 Å². The molecule has 1 unspecified atom stereocenters. The second-order valence-corrected chi connectivity index (χ2v) is 7.36. The molecule has 0 spiro atoms. The summed E-state index contributed by atoms with van der Waals surface area (Å²) in [5.74, 6) is -0.449. The number of carbonyl (C=O) groups excluding carboxylic acids is 1. The summed E-state index contributed by atoms with van der Waals surface area (Å²) in [6.45, 7) is 7.17. The Bertz CT molecular complexity index is 920. The van der Waals surface area contributed by atoms with E-state index >= 15 is 0 Å². The maximum Gasteiger partial charge on any atom is 0.329 e. The van der Waals surface area contributed by atoms with Gasteiger partial charge in [-0.3, -0.25) is 4.79 Å². The van der Waals surface area contributed by atoms with Crippen LogP contribution >= 0.6 is 11.6 Å². The summed E-state index contributed by atoms with van der Waals surface area (Å²) in [6, 6.07) is 9.36. The summed E-state index contributed by atoms with van der Waals surface area (Å²) < 4.78 is 6.76. The van der Waals surface area contributed by atoms with Crippen LogP contribution in [0.4, 0.5) is 0 Å². The lowest BCUT2D eigenvalue weighted by Gasteiger charge is -2.24. The Morgan fingerprint density at radius 1 is 1.31 bits per heavy atom. The van der Waals surface area contributed by atoms with E-state index in [4.69, 9.17) is 16.3 Å². The van der Waals surface area contributed by atoms with E-state index in [0.29, 0.717) is 28.1 Å². The number of rotatable bonds is 4. The molecule has 0 fully saturated rings. The minimum Gasteiger partial charge on any atom is -0.458 e. The van der Waals surface area contributed by atoms with E-state index in [0.717, 1.165) is 0 Å². The number of aromatic nitrogens is 1. The molecule has 26 heavy (non-hydrogen) atoms. The van der Waals surface area contributed by atoms with Crippen LogP contribution in [0.5, 0.6) is 0 Å². The van der Waals surface area contributed by atoms with Crippen molar-refractivity contribution < 1.29 is 9.53 Å². The number of esters is 1. The van der Waals surface area contributed by atoms with Gasteiger partial charge in [0, 0.05) is 22.8 Å². The molecule has 2 rings (SSSR count). The van der Waals surface area contributed by atoms with E-state index in [1.54, 1.807) is 51.2 Å². The number of nitrogens with zero attached hydrogens (tertiary/aromatic N) is 2. The van der Waals surface area contributed by atoms with Crippen LogP contribution in [0, 0.1) is 11.3 Å². The number of pyridine rings is 1. The van der Waals surface area contributed by atoms with Crippen LogP contribution < -0.4 is 5.56 Å². The minimum absolute atomic E-state index is 0.343. The number of nitriles is 1. The first-order valence-electron chi connectivity index (χ1n) is 8.31. The van der Waals surface area contributed by atoms with Gasteiger partial charge in [-0.25, -0.2) is 4.79 Å². The van der Waals surface area contributed by atoms with Gasteiger partial charge in [-0.15, -0.1) is 0 Å².